The first-order chi connectivity index (χ1) is 10.3. The predicted molar refractivity (Wildman–Crippen MR) is 82.9 cm³/mol. The highest BCUT2D eigenvalue weighted by Crippen LogP contribution is 2.36. The number of ether oxygens (including phenoxy) is 1. The van der Waals surface area contributed by atoms with Crippen LogP contribution in [0.1, 0.15) is 32.8 Å². The molecule has 1 heterocycles. The Morgan fingerprint density at radius 3 is 2.50 bits per heavy atom. The predicted octanol–water partition coefficient (Wildman–Crippen LogP) is 2.29. The summed E-state index contributed by atoms with van der Waals surface area (Å²) in [6.07, 6.45) is 0.504. The van der Waals surface area contributed by atoms with Crippen LogP contribution in [-0.2, 0) is 15.0 Å². The molecule has 22 heavy (non-hydrogen) atoms. The van der Waals surface area contributed by atoms with Crippen LogP contribution in [0.4, 0.5) is 0 Å². The van der Waals surface area contributed by atoms with Crippen molar-refractivity contribution in [2.75, 3.05) is 13.7 Å². The van der Waals surface area contributed by atoms with E-state index in [2.05, 4.69) is 0 Å². The number of hydrogen-bond donors (Lipinski definition) is 1. The van der Waals surface area contributed by atoms with E-state index < -0.39 is 17.3 Å². The van der Waals surface area contributed by atoms with Gasteiger partial charge in [-0.3, -0.25) is 9.59 Å². The first-order valence-electron chi connectivity index (χ1n) is 7.48. The van der Waals surface area contributed by atoms with Crippen LogP contribution in [-0.4, -0.2) is 41.6 Å². The van der Waals surface area contributed by atoms with Gasteiger partial charge >= 0.3 is 5.97 Å². The van der Waals surface area contributed by atoms with Crippen molar-refractivity contribution in [3.8, 4) is 5.75 Å². The SMILES string of the molecule is COc1ccccc1C(C)(C)C(=O)N1CCC(C(=O)O)C1C. The van der Waals surface area contributed by atoms with Crippen molar-refractivity contribution >= 4 is 11.9 Å². The van der Waals surface area contributed by atoms with Gasteiger partial charge in [-0.1, -0.05) is 18.2 Å². The van der Waals surface area contributed by atoms with Gasteiger partial charge in [0.15, 0.2) is 0 Å². The van der Waals surface area contributed by atoms with Crippen molar-refractivity contribution in [1.82, 2.24) is 4.90 Å². The first kappa shape index (κ1) is 16.3. The van der Waals surface area contributed by atoms with E-state index in [9.17, 15) is 14.7 Å². The van der Waals surface area contributed by atoms with Crippen molar-refractivity contribution < 1.29 is 19.4 Å². The number of para-hydroxylation sites is 1. The number of carboxylic acids is 1. The van der Waals surface area contributed by atoms with Gasteiger partial charge in [-0.25, -0.2) is 0 Å². The van der Waals surface area contributed by atoms with Gasteiger partial charge in [0.25, 0.3) is 0 Å². The molecule has 0 radical (unpaired) electrons. The molecule has 1 aromatic carbocycles. The van der Waals surface area contributed by atoms with Crippen LogP contribution in [0, 0.1) is 5.92 Å². The first-order valence-corrected chi connectivity index (χ1v) is 7.48. The molecular weight excluding hydrogens is 282 g/mol. The van der Waals surface area contributed by atoms with Crippen LogP contribution < -0.4 is 4.74 Å². The highest BCUT2D eigenvalue weighted by atomic mass is 16.5. The molecule has 1 aliphatic rings. The molecule has 1 amide bonds. The molecule has 0 aromatic heterocycles. The summed E-state index contributed by atoms with van der Waals surface area (Å²) in [6.45, 7) is 6.00. The molecule has 1 N–H and O–H groups in total. The van der Waals surface area contributed by atoms with Crippen LogP contribution in [0.3, 0.4) is 0 Å². The Kier molecular flexibility index (Phi) is 4.44. The van der Waals surface area contributed by atoms with E-state index >= 15 is 0 Å². The molecule has 1 aliphatic heterocycles. The van der Waals surface area contributed by atoms with Crippen molar-refractivity contribution in [3.63, 3.8) is 0 Å². The average molecular weight is 305 g/mol. The zero-order valence-corrected chi connectivity index (χ0v) is 13.5. The second-order valence-corrected chi connectivity index (χ2v) is 6.30. The number of amides is 1. The Bertz CT molecular complexity index is 582. The lowest BCUT2D eigenvalue weighted by Gasteiger charge is -2.33. The number of carbonyl (C=O) groups is 2. The summed E-state index contributed by atoms with van der Waals surface area (Å²) in [5.41, 5.74) is 0.0438. The Morgan fingerprint density at radius 1 is 1.32 bits per heavy atom. The van der Waals surface area contributed by atoms with E-state index in [4.69, 9.17) is 4.74 Å². The normalized spacial score (nSPS) is 21.7. The number of methoxy groups -OCH3 is 1. The smallest absolute Gasteiger partial charge is 0.308 e. The maximum atomic E-state index is 13.0. The molecule has 0 aliphatic carbocycles. The molecule has 5 heteroatoms. The minimum absolute atomic E-state index is 0.0618. The topological polar surface area (TPSA) is 66.8 Å². The van der Waals surface area contributed by atoms with Gasteiger partial charge in [0.05, 0.1) is 18.4 Å². The third-order valence-corrected chi connectivity index (χ3v) is 4.65. The van der Waals surface area contributed by atoms with Gasteiger partial charge in [0.2, 0.25) is 5.91 Å². The molecule has 120 valence electrons. The number of hydrogen-bond acceptors (Lipinski definition) is 3. The summed E-state index contributed by atoms with van der Waals surface area (Å²) in [7, 11) is 1.58. The summed E-state index contributed by atoms with van der Waals surface area (Å²) >= 11 is 0. The fourth-order valence-corrected chi connectivity index (χ4v) is 3.19. The summed E-state index contributed by atoms with van der Waals surface area (Å²) in [4.78, 5) is 25.9. The standard InChI is InChI=1S/C17H23NO4/c1-11-12(15(19)20)9-10-18(11)16(21)17(2,3)13-7-5-6-8-14(13)22-4/h5-8,11-12H,9-10H2,1-4H3,(H,19,20). The third kappa shape index (κ3) is 2.67. The summed E-state index contributed by atoms with van der Waals surface area (Å²) < 4.78 is 5.37. The largest absolute Gasteiger partial charge is 0.496 e. The summed E-state index contributed by atoms with van der Waals surface area (Å²) in [5.74, 6) is -0.717. The number of likely N-dealkylation sites (tertiary alicyclic amines) is 1. The Balaban J connectivity index is 2.30. The number of aliphatic carboxylic acids is 1. The molecule has 1 fully saturated rings. The highest BCUT2D eigenvalue weighted by molar-refractivity contribution is 5.89. The molecule has 0 bridgehead atoms. The number of rotatable bonds is 4. The minimum atomic E-state index is -0.835. The lowest BCUT2D eigenvalue weighted by Crippen LogP contribution is -2.46. The Labute approximate surface area is 130 Å². The third-order valence-electron chi connectivity index (χ3n) is 4.65. The molecule has 0 saturated carbocycles. The van der Waals surface area contributed by atoms with Crippen LogP contribution >= 0.6 is 0 Å². The van der Waals surface area contributed by atoms with Gasteiger partial charge in [0.1, 0.15) is 5.75 Å². The lowest BCUT2D eigenvalue weighted by molar-refractivity contribution is -0.143. The van der Waals surface area contributed by atoms with E-state index in [0.717, 1.165) is 5.56 Å². The van der Waals surface area contributed by atoms with Gasteiger partial charge in [-0.2, -0.15) is 0 Å². The molecule has 1 saturated heterocycles. The fourth-order valence-electron chi connectivity index (χ4n) is 3.19. The van der Waals surface area contributed by atoms with Crippen molar-refractivity contribution in [1.29, 1.82) is 0 Å². The van der Waals surface area contributed by atoms with E-state index in [-0.39, 0.29) is 11.9 Å². The molecule has 2 rings (SSSR count). The van der Waals surface area contributed by atoms with Crippen molar-refractivity contribution in [3.05, 3.63) is 29.8 Å². The monoisotopic (exact) mass is 305 g/mol. The van der Waals surface area contributed by atoms with Crippen LogP contribution in [0.15, 0.2) is 24.3 Å². The number of carboxylic acid groups (broad SMARTS) is 1. The summed E-state index contributed by atoms with van der Waals surface area (Å²) in [5, 5.41) is 9.23. The van der Waals surface area contributed by atoms with E-state index in [1.54, 1.807) is 12.0 Å². The highest BCUT2D eigenvalue weighted by Gasteiger charge is 2.44. The average Bonchev–Trinajstić information content (AvgIpc) is 2.88. The van der Waals surface area contributed by atoms with E-state index in [0.29, 0.717) is 18.7 Å². The lowest BCUT2D eigenvalue weighted by atomic mass is 9.82. The second kappa shape index (κ2) is 5.99. The van der Waals surface area contributed by atoms with Crippen LogP contribution in [0.5, 0.6) is 5.75 Å². The van der Waals surface area contributed by atoms with Gasteiger partial charge in [0, 0.05) is 18.2 Å². The molecule has 0 spiro atoms. The summed E-state index contributed by atoms with van der Waals surface area (Å²) in [6, 6.07) is 7.16. The van der Waals surface area contributed by atoms with Crippen LogP contribution in [0.2, 0.25) is 0 Å². The zero-order chi connectivity index (χ0) is 16.5. The quantitative estimate of drug-likeness (QED) is 0.927. The van der Waals surface area contributed by atoms with Crippen LogP contribution in [0.25, 0.3) is 0 Å². The van der Waals surface area contributed by atoms with E-state index in [1.807, 2.05) is 45.0 Å². The van der Waals surface area contributed by atoms with Gasteiger partial charge < -0.3 is 14.7 Å². The van der Waals surface area contributed by atoms with E-state index in [1.165, 1.54) is 0 Å². The Morgan fingerprint density at radius 2 is 1.95 bits per heavy atom. The fraction of sp³-hybridized carbons (Fsp3) is 0.529. The Hall–Kier alpha value is -2.04. The van der Waals surface area contributed by atoms with Gasteiger partial charge in [-0.15, -0.1) is 0 Å². The second-order valence-electron chi connectivity index (χ2n) is 6.30. The molecule has 5 nitrogen and oxygen atoms in total. The number of carbonyl (C=O) groups excluding carboxylic acids is 1. The minimum Gasteiger partial charge on any atom is -0.496 e. The van der Waals surface area contributed by atoms with Crippen molar-refractivity contribution in [2.24, 2.45) is 5.92 Å². The molecular formula is C17H23NO4. The molecule has 2 atom stereocenters. The van der Waals surface area contributed by atoms with Gasteiger partial charge in [-0.05, 0) is 33.3 Å². The molecule has 1 aromatic rings. The maximum Gasteiger partial charge on any atom is 0.308 e. The number of benzene rings is 1. The maximum absolute atomic E-state index is 13.0. The molecule has 2 unspecified atom stereocenters. The zero-order valence-electron chi connectivity index (χ0n) is 13.5. The number of nitrogens with zero attached hydrogens (tertiary/aromatic N) is 1. The van der Waals surface area contributed by atoms with Crippen molar-refractivity contribution in [2.45, 2.75) is 38.6 Å².